The Bertz CT molecular complexity index is 852. The molecular formula is C25H36N4O3. The predicted molar refractivity (Wildman–Crippen MR) is 127 cm³/mol. The molecule has 1 unspecified atom stereocenters. The fraction of sp³-hybridized carbons (Fsp3) is 0.480. The first kappa shape index (κ1) is 24.0. The van der Waals surface area contributed by atoms with E-state index in [-0.39, 0.29) is 11.9 Å². The van der Waals surface area contributed by atoms with Crippen molar-refractivity contribution >= 4 is 5.91 Å². The third kappa shape index (κ3) is 6.69. The number of benzene rings is 2. The third-order valence-electron chi connectivity index (χ3n) is 6.01. The van der Waals surface area contributed by atoms with Gasteiger partial charge in [0.05, 0.1) is 26.8 Å². The van der Waals surface area contributed by atoms with Crippen molar-refractivity contribution in [2.75, 3.05) is 67.6 Å². The fourth-order valence-corrected chi connectivity index (χ4v) is 4.10. The Kier molecular flexibility index (Phi) is 8.90. The van der Waals surface area contributed by atoms with E-state index in [0.717, 1.165) is 49.8 Å². The third-order valence-corrected chi connectivity index (χ3v) is 6.01. The maximum atomic E-state index is 12.6. The van der Waals surface area contributed by atoms with Crippen LogP contribution in [0.2, 0.25) is 0 Å². The van der Waals surface area contributed by atoms with Gasteiger partial charge in [-0.25, -0.2) is 0 Å². The van der Waals surface area contributed by atoms with Gasteiger partial charge in [0.15, 0.2) is 0 Å². The van der Waals surface area contributed by atoms with Gasteiger partial charge in [-0.05, 0) is 37.9 Å². The smallest absolute Gasteiger partial charge is 0.234 e. The molecule has 2 aromatic rings. The van der Waals surface area contributed by atoms with E-state index in [1.54, 1.807) is 14.2 Å². The molecule has 7 nitrogen and oxygen atoms in total. The summed E-state index contributed by atoms with van der Waals surface area (Å²) in [6.07, 6.45) is 0. The number of carbonyl (C=O) groups is 1. The summed E-state index contributed by atoms with van der Waals surface area (Å²) in [5.74, 6) is 1.79. The summed E-state index contributed by atoms with van der Waals surface area (Å²) < 4.78 is 10.9. The van der Waals surface area contributed by atoms with E-state index in [9.17, 15) is 4.79 Å². The number of piperazine rings is 1. The maximum absolute atomic E-state index is 12.6. The highest BCUT2D eigenvalue weighted by molar-refractivity contribution is 5.78. The molecule has 32 heavy (non-hydrogen) atoms. The van der Waals surface area contributed by atoms with Crippen LogP contribution in [0.1, 0.15) is 17.2 Å². The molecule has 1 aliphatic rings. The van der Waals surface area contributed by atoms with Crippen molar-refractivity contribution in [3.63, 3.8) is 0 Å². The summed E-state index contributed by atoms with van der Waals surface area (Å²) in [6, 6.07) is 16.4. The number of ether oxygens (including phenoxy) is 2. The van der Waals surface area contributed by atoms with Crippen molar-refractivity contribution in [2.45, 2.75) is 12.6 Å². The second-order valence-corrected chi connectivity index (χ2v) is 8.42. The average molecular weight is 441 g/mol. The number of methoxy groups -OCH3 is 2. The number of rotatable bonds is 10. The Morgan fingerprint density at radius 3 is 2.31 bits per heavy atom. The summed E-state index contributed by atoms with van der Waals surface area (Å²) >= 11 is 0. The highest BCUT2D eigenvalue weighted by atomic mass is 16.5. The Morgan fingerprint density at radius 2 is 1.69 bits per heavy atom. The van der Waals surface area contributed by atoms with Gasteiger partial charge in [-0.3, -0.25) is 14.6 Å². The molecule has 1 aliphatic heterocycles. The fourth-order valence-electron chi connectivity index (χ4n) is 4.10. The van der Waals surface area contributed by atoms with Crippen LogP contribution in [-0.2, 0) is 11.3 Å². The Morgan fingerprint density at radius 1 is 1.00 bits per heavy atom. The van der Waals surface area contributed by atoms with Crippen LogP contribution in [0.3, 0.4) is 0 Å². The molecule has 1 N–H and O–H groups in total. The SMILES string of the molecule is COc1ccc(OC)c(CN2CCN(CC(=O)NCC(c3ccccc3)N(C)C)CC2)c1. The largest absolute Gasteiger partial charge is 0.497 e. The molecule has 2 aromatic carbocycles. The second-order valence-electron chi connectivity index (χ2n) is 8.42. The van der Waals surface area contributed by atoms with Crippen molar-refractivity contribution in [1.29, 1.82) is 0 Å². The topological polar surface area (TPSA) is 57.3 Å². The minimum absolute atomic E-state index is 0.0793. The molecule has 1 heterocycles. The molecule has 7 heteroatoms. The highest BCUT2D eigenvalue weighted by Crippen LogP contribution is 2.25. The van der Waals surface area contributed by atoms with Crippen LogP contribution in [-0.4, -0.2) is 88.2 Å². The van der Waals surface area contributed by atoms with Crippen molar-refractivity contribution in [3.8, 4) is 11.5 Å². The monoisotopic (exact) mass is 440 g/mol. The van der Waals surface area contributed by atoms with E-state index < -0.39 is 0 Å². The molecule has 1 amide bonds. The summed E-state index contributed by atoms with van der Waals surface area (Å²) in [5.41, 5.74) is 2.33. The van der Waals surface area contributed by atoms with Crippen LogP contribution in [0.25, 0.3) is 0 Å². The normalized spacial score (nSPS) is 16.0. The van der Waals surface area contributed by atoms with E-state index in [2.05, 4.69) is 32.1 Å². The standard InChI is InChI=1S/C25H36N4O3/c1-27(2)23(20-8-6-5-7-9-20)17-26-25(30)19-29-14-12-28(13-15-29)18-21-16-22(31-3)10-11-24(21)32-4/h5-11,16,23H,12-15,17-19H2,1-4H3,(H,26,30). The van der Waals surface area contributed by atoms with Crippen molar-refractivity contribution < 1.29 is 14.3 Å². The molecular weight excluding hydrogens is 404 g/mol. The van der Waals surface area contributed by atoms with Crippen molar-refractivity contribution in [2.24, 2.45) is 0 Å². The Balaban J connectivity index is 1.45. The van der Waals surface area contributed by atoms with E-state index in [0.29, 0.717) is 13.1 Å². The van der Waals surface area contributed by atoms with Gasteiger partial charge < -0.3 is 19.7 Å². The highest BCUT2D eigenvalue weighted by Gasteiger charge is 2.21. The molecule has 174 valence electrons. The second kappa shape index (κ2) is 11.9. The number of nitrogens with zero attached hydrogens (tertiary/aromatic N) is 3. The quantitative estimate of drug-likeness (QED) is 0.612. The maximum Gasteiger partial charge on any atom is 0.234 e. The zero-order valence-corrected chi connectivity index (χ0v) is 19.7. The molecule has 0 radical (unpaired) electrons. The van der Waals surface area contributed by atoms with E-state index in [4.69, 9.17) is 9.47 Å². The molecule has 1 fully saturated rings. The van der Waals surface area contributed by atoms with Crippen molar-refractivity contribution in [1.82, 2.24) is 20.0 Å². The van der Waals surface area contributed by atoms with E-state index >= 15 is 0 Å². The number of hydrogen-bond acceptors (Lipinski definition) is 6. The van der Waals surface area contributed by atoms with Crippen LogP contribution in [0.15, 0.2) is 48.5 Å². The summed E-state index contributed by atoms with van der Waals surface area (Å²) in [4.78, 5) is 19.3. The van der Waals surface area contributed by atoms with Crippen LogP contribution in [0.4, 0.5) is 0 Å². The Labute approximate surface area is 191 Å². The summed E-state index contributed by atoms with van der Waals surface area (Å²) in [7, 11) is 7.46. The van der Waals surface area contributed by atoms with Crippen molar-refractivity contribution in [3.05, 3.63) is 59.7 Å². The van der Waals surface area contributed by atoms with Gasteiger partial charge in [0.1, 0.15) is 11.5 Å². The molecule has 0 saturated carbocycles. The summed E-state index contributed by atoms with van der Waals surface area (Å²) in [5, 5.41) is 3.12. The van der Waals surface area contributed by atoms with Gasteiger partial charge >= 0.3 is 0 Å². The van der Waals surface area contributed by atoms with Crippen LogP contribution < -0.4 is 14.8 Å². The first-order valence-corrected chi connectivity index (χ1v) is 11.1. The first-order chi connectivity index (χ1) is 15.5. The molecule has 0 spiro atoms. The Hall–Kier alpha value is -2.61. The molecule has 0 aliphatic carbocycles. The van der Waals surface area contributed by atoms with Gasteiger partial charge in [0.2, 0.25) is 5.91 Å². The van der Waals surface area contributed by atoms with Gasteiger partial charge in [0, 0.05) is 44.8 Å². The minimum Gasteiger partial charge on any atom is -0.497 e. The molecule has 0 bridgehead atoms. The van der Waals surface area contributed by atoms with Crippen LogP contribution in [0, 0.1) is 0 Å². The zero-order valence-electron chi connectivity index (χ0n) is 19.7. The van der Waals surface area contributed by atoms with Crippen LogP contribution >= 0.6 is 0 Å². The molecule has 3 rings (SSSR count). The zero-order chi connectivity index (χ0) is 22.9. The predicted octanol–water partition coefficient (Wildman–Crippen LogP) is 2.24. The number of carbonyl (C=O) groups excluding carboxylic acids is 1. The van der Waals surface area contributed by atoms with Crippen LogP contribution in [0.5, 0.6) is 11.5 Å². The van der Waals surface area contributed by atoms with Gasteiger partial charge in [-0.1, -0.05) is 30.3 Å². The number of likely N-dealkylation sites (N-methyl/N-ethyl adjacent to an activating group) is 1. The molecule has 1 saturated heterocycles. The minimum atomic E-state index is 0.0793. The number of nitrogens with one attached hydrogen (secondary N) is 1. The van der Waals surface area contributed by atoms with E-state index in [1.807, 2.05) is 50.5 Å². The van der Waals surface area contributed by atoms with Gasteiger partial charge in [-0.15, -0.1) is 0 Å². The lowest BCUT2D eigenvalue weighted by atomic mass is 10.1. The molecule has 1 atom stereocenters. The van der Waals surface area contributed by atoms with E-state index in [1.165, 1.54) is 5.56 Å². The van der Waals surface area contributed by atoms with Gasteiger partial charge in [-0.2, -0.15) is 0 Å². The average Bonchev–Trinajstić information content (AvgIpc) is 2.81. The lowest BCUT2D eigenvalue weighted by molar-refractivity contribution is -0.122. The molecule has 0 aromatic heterocycles. The number of hydrogen-bond donors (Lipinski definition) is 1. The lowest BCUT2D eigenvalue weighted by Gasteiger charge is -2.34. The summed E-state index contributed by atoms with van der Waals surface area (Å²) in [6.45, 7) is 5.42. The lowest BCUT2D eigenvalue weighted by Crippen LogP contribution is -2.49. The van der Waals surface area contributed by atoms with Gasteiger partial charge in [0.25, 0.3) is 0 Å². The first-order valence-electron chi connectivity index (χ1n) is 11.1. The number of amides is 1.